The molecule has 0 spiro atoms. The highest BCUT2D eigenvalue weighted by Gasteiger charge is 2.32. The smallest absolute Gasteiger partial charge is 0.253 e. The van der Waals surface area contributed by atoms with Crippen LogP contribution < -0.4 is 5.56 Å². The van der Waals surface area contributed by atoms with Crippen LogP contribution in [0.3, 0.4) is 0 Å². The molecular weight excluding hydrogens is 400 g/mol. The maximum Gasteiger partial charge on any atom is 0.253 e. The molecule has 0 amide bonds. The number of likely N-dealkylation sites (tertiary alicyclic amines) is 1. The van der Waals surface area contributed by atoms with E-state index in [0.717, 1.165) is 48.0 Å². The summed E-state index contributed by atoms with van der Waals surface area (Å²) in [6.07, 6.45) is 2.20. The van der Waals surface area contributed by atoms with Crippen LogP contribution >= 0.6 is 0 Å². The van der Waals surface area contributed by atoms with Crippen molar-refractivity contribution in [3.05, 3.63) is 87.5 Å². The number of pyridine rings is 1. The second-order valence-electron chi connectivity index (χ2n) is 8.89. The minimum absolute atomic E-state index is 0.0790. The fraction of sp³-hybridized carbons (Fsp3) is 0.360. The highest BCUT2D eigenvalue weighted by molar-refractivity contribution is 5.82. The molecule has 1 aliphatic heterocycles. The normalized spacial score (nSPS) is 16.4. The number of rotatable bonds is 5. The van der Waals surface area contributed by atoms with Crippen LogP contribution in [0, 0.1) is 12.8 Å². The fourth-order valence-corrected chi connectivity index (χ4v) is 4.67. The summed E-state index contributed by atoms with van der Waals surface area (Å²) in [7, 11) is 0. The molecule has 4 aromatic rings. The Morgan fingerprint density at radius 2 is 1.88 bits per heavy atom. The Morgan fingerprint density at radius 1 is 1.09 bits per heavy atom. The molecule has 1 saturated heterocycles. The zero-order valence-electron chi connectivity index (χ0n) is 18.5. The lowest BCUT2D eigenvalue weighted by Crippen LogP contribution is -2.40. The fourth-order valence-electron chi connectivity index (χ4n) is 4.67. The summed E-state index contributed by atoms with van der Waals surface area (Å²) in [5, 5.41) is 13.7. The van der Waals surface area contributed by atoms with Crippen LogP contribution in [0.1, 0.15) is 48.3 Å². The number of para-hydroxylation sites is 1. The third-order valence-corrected chi connectivity index (χ3v) is 6.57. The maximum absolute atomic E-state index is 13.3. The van der Waals surface area contributed by atoms with Gasteiger partial charge in [-0.15, -0.1) is 5.10 Å². The first-order valence-corrected chi connectivity index (χ1v) is 11.3. The van der Waals surface area contributed by atoms with E-state index in [1.165, 1.54) is 0 Å². The Bertz CT molecular complexity index is 1270. The van der Waals surface area contributed by atoms with Crippen LogP contribution in [0.4, 0.5) is 0 Å². The van der Waals surface area contributed by atoms with Gasteiger partial charge in [-0.1, -0.05) is 55.5 Å². The first-order valence-electron chi connectivity index (χ1n) is 11.3. The molecule has 1 unspecified atom stereocenters. The predicted molar refractivity (Wildman–Crippen MR) is 124 cm³/mol. The van der Waals surface area contributed by atoms with Crippen molar-refractivity contribution in [3.8, 4) is 0 Å². The number of benzene rings is 2. The van der Waals surface area contributed by atoms with E-state index in [1.807, 2.05) is 54.1 Å². The van der Waals surface area contributed by atoms with Crippen LogP contribution in [0.25, 0.3) is 10.9 Å². The number of piperidine rings is 1. The van der Waals surface area contributed by atoms with Gasteiger partial charge in [0.1, 0.15) is 6.04 Å². The minimum Gasteiger partial charge on any atom is -0.321 e. The van der Waals surface area contributed by atoms with Crippen LogP contribution in [0.2, 0.25) is 0 Å². The molecule has 2 aromatic heterocycles. The molecule has 32 heavy (non-hydrogen) atoms. The number of aromatic amines is 1. The van der Waals surface area contributed by atoms with E-state index in [4.69, 9.17) is 0 Å². The molecule has 3 heterocycles. The topological polar surface area (TPSA) is 79.7 Å². The number of H-pyrrole nitrogens is 1. The van der Waals surface area contributed by atoms with Crippen molar-refractivity contribution >= 4 is 10.9 Å². The van der Waals surface area contributed by atoms with E-state index in [1.54, 1.807) is 0 Å². The van der Waals surface area contributed by atoms with Crippen molar-refractivity contribution < 1.29 is 0 Å². The molecule has 7 heteroatoms. The summed E-state index contributed by atoms with van der Waals surface area (Å²) in [6, 6.07) is 18.0. The molecule has 1 atom stereocenters. The molecule has 0 bridgehead atoms. The Balaban J connectivity index is 1.62. The number of aryl methyl sites for hydroxylation is 1. The molecule has 1 N–H and O–H groups in total. The lowest BCUT2D eigenvalue weighted by molar-refractivity contribution is 0.149. The molecule has 7 nitrogen and oxygen atoms in total. The quantitative estimate of drug-likeness (QED) is 0.524. The van der Waals surface area contributed by atoms with Crippen molar-refractivity contribution in [2.24, 2.45) is 5.92 Å². The second-order valence-corrected chi connectivity index (χ2v) is 8.89. The minimum atomic E-state index is -0.296. The van der Waals surface area contributed by atoms with E-state index < -0.39 is 0 Å². The number of hydrogen-bond donors (Lipinski definition) is 1. The van der Waals surface area contributed by atoms with Gasteiger partial charge in [0.25, 0.3) is 5.56 Å². The van der Waals surface area contributed by atoms with E-state index in [0.29, 0.717) is 23.9 Å². The van der Waals surface area contributed by atoms with Crippen molar-refractivity contribution in [1.29, 1.82) is 0 Å². The Morgan fingerprint density at radius 3 is 2.66 bits per heavy atom. The largest absolute Gasteiger partial charge is 0.321 e. The average Bonchev–Trinajstić information content (AvgIpc) is 3.24. The van der Waals surface area contributed by atoms with Gasteiger partial charge in [-0.2, -0.15) is 0 Å². The number of fused-ring (bicyclic) bond motifs is 1. The van der Waals surface area contributed by atoms with Crippen molar-refractivity contribution in [3.63, 3.8) is 0 Å². The lowest BCUT2D eigenvalue weighted by atomic mass is 9.95. The summed E-state index contributed by atoms with van der Waals surface area (Å²) in [6.45, 7) is 6.69. The summed E-state index contributed by atoms with van der Waals surface area (Å²) in [5.41, 5.74) is 3.68. The number of aromatic nitrogens is 5. The van der Waals surface area contributed by atoms with Gasteiger partial charge >= 0.3 is 0 Å². The first kappa shape index (κ1) is 20.6. The van der Waals surface area contributed by atoms with E-state index in [2.05, 4.69) is 44.5 Å². The Labute approximate surface area is 187 Å². The van der Waals surface area contributed by atoms with E-state index in [9.17, 15) is 4.79 Å². The van der Waals surface area contributed by atoms with Crippen molar-refractivity contribution in [1.82, 2.24) is 30.1 Å². The van der Waals surface area contributed by atoms with Gasteiger partial charge in [0, 0.05) is 5.56 Å². The zero-order valence-corrected chi connectivity index (χ0v) is 18.5. The highest BCUT2D eigenvalue weighted by atomic mass is 16.1. The number of hydrogen-bond acceptors (Lipinski definition) is 5. The Kier molecular flexibility index (Phi) is 5.57. The molecule has 5 rings (SSSR count). The van der Waals surface area contributed by atoms with Crippen molar-refractivity contribution in [2.45, 2.75) is 39.3 Å². The van der Waals surface area contributed by atoms with Crippen LogP contribution in [-0.4, -0.2) is 43.2 Å². The zero-order chi connectivity index (χ0) is 22.1. The predicted octanol–water partition coefficient (Wildman–Crippen LogP) is 3.69. The van der Waals surface area contributed by atoms with Gasteiger partial charge < -0.3 is 4.98 Å². The second kappa shape index (κ2) is 8.67. The summed E-state index contributed by atoms with van der Waals surface area (Å²) in [4.78, 5) is 18.8. The average molecular weight is 429 g/mol. The molecule has 1 aliphatic rings. The molecule has 0 radical (unpaired) electrons. The third kappa shape index (κ3) is 3.96. The standard InChI is InChI=1S/C25H28N6O/c1-17-11-13-30(14-12-17)23(21-15-20-10-6-7-18(2)22(20)26-25(21)32)24-27-28-29-31(24)16-19-8-4-3-5-9-19/h3-10,15,17,23H,11-14,16H2,1-2H3,(H,26,32). The summed E-state index contributed by atoms with van der Waals surface area (Å²) < 4.78 is 1.83. The van der Waals surface area contributed by atoms with E-state index >= 15 is 0 Å². The molecule has 0 aliphatic carbocycles. The highest BCUT2D eigenvalue weighted by Crippen LogP contribution is 2.31. The number of nitrogens with zero attached hydrogens (tertiary/aromatic N) is 5. The lowest BCUT2D eigenvalue weighted by Gasteiger charge is -2.35. The van der Waals surface area contributed by atoms with Gasteiger partial charge in [-0.3, -0.25) is 9.69 Å². The third-order valence-electron chi connectivity index (χ3n) is 6.57. The van der Waals surface area contributed by atoms with Crippen LogP contribution in [-0.2, 0) is 6.54 Å². The SMILES string of the molecule is Cc1cccc2cc(C(c3nnnn3Cc3ccccc3)N3CCC(C)CC3)c(=O)[nH]c12. The van der Waals surface area contributed by atoms with Gasteiger partial charge in [-0.05, 0) is 71.8 Å². The maximum atomic E-state index is 13.3. The summed E-state index contributed by atoms with van der Waals surface area (Å²) >= 11 is 0. The van der Waals surface area contributed by atoms with Gasteiger partial charge in [-0.25, -0.2) is 4.68 Å². The van der Waals surface area contributed by atoms with Gasteiger partial charge in [0.05, 0.1) is 12.1 Å². The van der Waals surface area contributed by atoms with Gasteiger partial charge in [0.15, 0.2) is 5.82 Å². The van der Waals surface area contributed by atoms with Crippen LogP contribution in [0.5, 0.6) is 0 Å². The first-order chi connectivity index (χ1) is 15.6. The van der Waals surface area contributed by atoms with E-state index in [-0.39, 0.29) is 11.6 Å². The van der Waals surface area contributed by atoms with Crippen LogP contribution in [0.15, 0.2) is 59.4 Å². The Hall–Kier alpha value is -3.32. The molecule has 2 aromatic carbocycles. The monoisotopic (exact) mass is 428 g/mol. The molecule has 164 valence electrons. The van der Waals surface area contributed by atoms with Gasteiger partial charge in [0.2, 0.25) is 0 Å². The molecular formula is C25H28N6O. The molecule has 0 saturated carbocycles. The van der Waals surface area contributed by atoms with Crippen molar-refractivity contribution in [2.75, 3.05) is 13.1 Å². The number of nitrogens with one attached hydrogen (secondary N) is 1. The number of tetrazole rings is 1. The molecule has 1 fully saturated rings. The summed E-state index contributed by atoms with van der Waals surface area (Å²) in [5.74, 6) is 1.39.